The third-order valence-electron chi connectivity index (χ3n) is 6.90. The van der Waals surface area contributed by atoms with Crippen LogP contribution in [0.4, 0.5) is 5.69 Å². The van der Waals surface area contributed by atoms with Crippen LogP contribution in [0.3, 0.4) is 0 Å². The lowest BCUT2D eigenvalue weighted by atomic mass is 9.83. The molecule has 3 aromatic carbocycles. The average molecular weight is 440 g/mol. The summed E-state index contributed by atoms with van der Waals surface area (Å²) in [4.78, 5) is 27.4. The number of anilines is 1. The number of Topliss-reactive ketones (excluding diaryl/α,β-unsaturated/α-hetero) is 2. The molecule has 0 radical (unpaired) electrons. The molecule has 1 heterocycles. The quantitative estimate of drug-likeness (QED) is 0.384. The standard InChI is InChI=1S/C30H33NO2/c1-21-7-6-9-27(19-21)30(33)14-12-26-20-25(23(3)32)11-13-28(26)24-15-17-31(18-16-24)29-10-5-4-8-22(29)2/h4-11,13,19-20,24H,12,14-18H2,1-3H3. The second kappa shape index (κ2) is 10.2. The summed E-state index contributed by atoms with van der Waals surface area (Å²) in [6.45, 7) is 7.83. The molecule has 33 heavy (non-hydrogen) atoms. The van der Waals surface area contributed by atoms with E-state index in [-0.39, 0.29) is 11.6 Å². The Labute approximate surface area is 197 Å². The normalized spacial score (nSPS) is 14.3. The van der Waals surface area contributed by atoms with Crippen LogP contribution < -0.4 is 4.90 Å². The predicted octanol–water partition coefficient (Wildman–Crippen LogP) is 6.71. The minimum atomic E-state index is 0.0715. The Balaban J connectivity index is 1.50. The van der Waals surface area contributed by atoms with Crippen LogP contribution in [-0.2, 0) is 6.42 Å². The molecule has 0 aliphatic carbocycles. The van der Waals surface area contributed by atoms with Crippen molar-refractivity contribution in [2.24, 2.45) is 0 Å². The monoisotopic (exact) mass is 439 g/mol. The van der Waals surface area contributed by atoms with Gasteiger partial charge >= 0.3 is 0 Å². The topological polar surface area (TPSA) is 37.4 Å². The van der Waals surface area contributed by atoms with Gasteiger partial charge in [-0.3, -0.25) is 9.59 Å². The van der Waals surface area contributed by atoms with Crippen LogP contribution in [0.2, 0.25) is 0 Å². The molecular weight excluding hydrogens is 406 g/mol. The highest BCUT2D eigenvalue weighted by atomic mass is 16.1. The molecule has 1 aliphatic rings. The number of carbonyl (C=O) groups excluding carboxylic acids is 2. The van der Waals surface area contributed by atoms with Gasteiger partial charge in [-0.05, 0) is 80.8 Å². The van der Waals surface area contributed by atoms with E-state index in [1.54, 1.807) is 6.92 Å². The lowest BCUT2D eigenvalue weighted by molar-refractivity contribution is 0.0981. The Kier molecular flexibility index (Phi) is 7.08. The van der Waals surface area contributed by atoms with Crippen molar-refractivity contribution in [3.8, 4) is 0 Å². The molecule has 3 nitrogen and oxygen atoms in total. The summed E-state index contributed by atoms with van der Waals surface area (Å²) in [6, 6.07) is 22.5. The van der Waals surface area contributed by atoms with Gasteiger partial charge < -0.3 is 4.90 Å². The van der Waals surface area contributed by atoms with Crippen LogP contribution in [0.25, 0.3) is 0 Å². The van der Waals surface area contributed by atoms with E-state index in [9.17, 15) is 9.59 Å². The number of para-hydroxylation sites is 1. The molecule has 0 N–H and O–H groups in total. The van der Waals surface area contributed by atoms with E-state index in [0.29, 0.717) is 18.8 Å². The summed E-state index contributed by atoms with van der Waals surface area (Å²) < 4.78 is 0. The number of carbonyl (C=O) groups is 2. The van der Waals surface area contributed by atoms with Gasteiger partial charge in [0.25, 0.3) is 0 Å². The first kappa shape index (κ1) is 23.0. The number of hydrogen-bond donors (Lipinski definition) is 0. The van der Waals surface area contributed by atoms with E-state index in [0.717, 1.165) is 48.2 Å². The average Bonchev–Trinajstić information content (AvgIpc) is 2.83. The molecule has 0 saturated carbocycles. The van der Waals surface area contributed by atoms with Gasteiger partial charge in [-0.1, -0.05) is 54.1 Å². The maximum absolute atomic E-state index is 12.8. The highest BCUT2D eigenvalue weighted by molar-refractivity contribution is 5.96. The summed E-state index contributed by atoms with van der Waals surface area (Å²) in [5.74, 6) is 0.685. The van der Waals surface area contributed by atoms with Crippen molar-refractivity contribution in [1.82, 2.24) is 0 Å². The third-order valence-corrected chi connectivity index (χ3v) is 6.90. The predicted molar refractivity (Wildman–Crippen MR) is 136 cm³/mol. The van der Waals surface area contributed by atoms with Gasteiger partial charge in [0, 0.05) is 36.3 Å². The Morgan fingerprint density at radius 3 is 2.33 bits per heavy atom. The van der Waals surface area contributed by atoms with Crippen LogP contribution in [-0.4, -0.2) is 24.7 Å². The van der Waals surface area contributed by atoms with Gasteiger partial charge in [0.15, 0.2) is 11.6 Å². The Bertz CT molecular complexity index is 1160. The molecule has 1 saturated heterocycles. The first-order valence-corrected chi connectivity index (χ1v) is 12.0. The molecule has 0 amide bonds. The Hall–Kier alpha value is -3.20. The lowest BCUT2D eigenvalue weighted by Gasteiger charge is -2.35. The molecule has 0 atom stereocenters. The number of aryl methyl sites for hydroxylation is 3. The van der Waals surface area contributed by atoms with Gasteiger partial charge in [0.05, 0.1) is 0 Å². The second-order valence-corrected chi connectivity index (χ2v) is 9.31. The van der Waals surface area contributed by atoms with Gasteiger partial charge in [-0.25, -0.2) is 0 Å². The molecule has 0 spiro atoms. The summed E-state index contributed by atoms with van der Waals surface area (Å²) >= 11 is 0. The fraction of sp³-hybridized carbons (Fsp3) is 0.333. The summed E-state index contributed by atoms with van der Waals surface area (Å²) in [5.41, 5.74) is 7.70. The zero-order valence-corrected chi connectivity index (χ0v) is 19.9. The second-order valence-electron chi connectivity index (χ2n) is 9.31. The van der Waals surface area contributed by atoms with Crippen LogP contribution >= 0.6 is 0 Å². The summed E-state index contributed by atoms with van der Waals surface area (Å²) in [5, 5.41) is 0. The first-order valence-electron chi connectivity index (χ1n) is 12.0. The molecule has 4 rings (SSSR count). The van der Waals surface area contributed by atoms with Gasteiger partial charge in [-0.2, -0.15) is 0 Å². The van der Waals surface area contributed by atoms with E-state index in [4.69, 9.17) is 0 Å². The number of hydrogen-bond acceptors (Lipinski definition) is 3. The Morgan fingerprint density at radius 1 is 0.879 bits per heavy atom. The summed E-state index contributed by atoms with van der Waals surface area (Å²) in [6.07, 6.45) is 3.28. The van der Waals surface area contributed by atoms with Crippen molar-refractivity contribution in [1.29, 1.82) is 0 Å². The van der Waals surface area contributed by atoms with Crippen LogP contribution in [0, 0.1) is 13.8 Å². The van der Waals surface area contributed by atoms with E-state index in [2.05, 4.69) is 42.2 Å². The maximum atomic E-state index is 12.8. The van der Waals surface area contributed by atoms with Crippen molar-refractivity contribution in [2.75, 3.05) is 18.0 Å². The highest BCUT2D eigenvalue weighted by Crippen LogP contribution is 2.34. The molecule has 3 heteroatoms. The van der Waals surface area contributed by atoms with Crippen LogP contribution in [0.5, 0.6) is 0 Å². The fourth-order valence-electron chi connectivity index (χ4n) is 5.00. The van der Waals surface area contributed by atoms with E-state index in [1.807, 2.05) is 43.3 Å². The maximum Gasteiger partial charge on any atom is 0.163 e. The van der Waals surface area contributed by atoms with Crippen molar-refractivity contribution in [3.63, 3.8) is 0 Å². The molecule has 170 valence electrons. The molecule has 3 aromatic rings. The number of benzene rings is 3. The molecule has 1 fully saturated rings. The summed E-state index contributed by atoms with van der Waals surface area (Å²) in [7, 11) is 0. The van der Waals surface area contributed by atoms with Crippen molar-refractivity contribution in [2.45, 2.75) is 52.4 Å². The molecule has 0 unspecified atom stereocenters. The van der Waals surface area contributed by atoms with E-state index in [1.165, 1.54) is 16.8 Å². The van der Waals surface area contributed by atoms with Gasteiger partial charge in [0.2, 0.25) is 0 Å². The van der Waals surface area contributed by atoms with Crippen LogP contribution in [0.1, 0.15) is 75.1 Å². The molecule has 0 aromatic heterocycles. The van der Waals surface area contributed by atoms with Gasteiger partial charge in [0.1, 0.15) is 0 Å². The third kappa shape index (κ3) is 5.42. The molecule has 0 bridgehead atoms. The van der Waals surface area contributed by atoms with Crippen molar-refractivity contribution >= 4 is 17.3 Å². The SMILES string of the molecule is CC(=O)c1ccc(C2CCN(c3ccccc3C)CC2)c(CCC(=O)c2cccc(C)c2)c1. The van der Waals surface area contributed by atoms with Crippen LogP contribution in [0.15, 0.2) is 66.7 Å². The zero-order valence-electron chi connectivity index (χ0n) is 19.9. The zero-order chi connectivity index (χ0) is 23.4. The van der Waals surface area contributed by atoms with Crippen molar-refractivity contribution < 1.29 is 9.59 Å². The number of rotatable bonds is 7. The van der Waals surface area contributed by atoms with Gasteiger partial charge in [-0.15, -0.1) is 0 Å². The molecule has 1 aliphatic heterocycles. The van der Waals surface area contributed by atoms with E-state index >= 15 is 0 Å². The number of nitrogens with zero attached hydrogens (tertiary/aromatic N) is 1. The first-order chi connectivity index (χ1) is 15.9. The minimum Gasteiger partial charge on any atom is -0.371 e. The fourth-order valence-corrected chi connectivity index (χ4v) is 5.00. The number of piperidine rings is 1. The smallest absolute Gasteiger partial charge is 0.163 e. The largest absolute Gasteiger partial charge is 0.371 e. The number of ketones is 2. The van der Waals surface area contributed by atoms with E-state index < -0.39 is 0 Å². The van der Waals surface area contributed by atoms with Crippen molar-refractivity contribution in [3.05, 3.63) is 100 Å². The minimum absolute atomic E-state index is 0.0715. The highest BCUT2D eigenvalue weighted by Gasteiger charge is 2.24. The molecular formula is C30H33NO2. The lowest BCUT2D eigenvalue weighted by Crippen LogP contribution is -2.33. The Morgan fingerprint density at radius 2 is 1.64 bits per heavy atom.